The molecule has 1 amide bonds. The van der Waals surface area contributed by atoms with Gasteiger partial charge in [0.1, 0.15) is 5.60 Å². The largest absolute Gasteiger partial charge is 0.438 e. The maximum atomic E-state index is 11.9. The summed E-state index contributed by atoms with van der Waals surface area (Å²) in [6, 6.07) is 3.89. The molecule has 0 radical (unpaired) electrons. The summed E-state index contributed by atoms with van der Waals surface area (Å²) in [7, 11) is 0. The number of aliphatic hydroxyl groups excluding tert-OH is 1. The van der Waals surface area contributed by atoms with E-state index in [1.54, 1.807) is 6.20 Å². The van der Waals surface area contributed by atoms with E-state index in [-0.39, 0.29) is 12.3 Å². The molecule has 3 heterocycles. The number of nitrogens with one attached hydrogen (secondary N) is 1. The van der Waals surface area contributed by atoms with Crippen molar-refractivity contribution in [2.24, 2.45) is 0 Å². The van der Waals surface area contributed by atoms with E-state index in [4.69, 9.17) is 4.42 Å². The van der Waals surface area contributed by atoms with Crippen LogP contribution in [0.4, 0.5) is 0 Å². The van der Waals surface area contributed by atoms with Crippen LogP contribution in [0.1, 0.15) is 28.2 Å². The molecule has 1 aliphatic heterocycles. The molecule has 0 unspecified atom stereocenters. The van der Waals surface area contributed by atoms with Gasteiger partial charge in [-0.2, -0.15) is 0 Å². The third-order valence-electron chi connectivity index (χ3n) is 4.61. The van der Waals surface area contributed by atoms with Gasteiger partial charge in [-0.3, -0.25) is 14.7 Å². The number of hydrogen-bond donors (Lipinski definition) is 3. The summed E-state index contributed by atoms with van der Waals surface area (Å²) >= 11 is 0. The van der Waals surface area contributed by atoms with E-state index >= 15 is 0 Å². The smallest absolute Gasteiger partial charge is 0.288 e. The van der Waals surface area contributed by atoms with Gasteiger partial charge in [-0.15, -0.1) is 0 Å². The number of rotatable bonds is 5. The Morgan fingerprint density at radius 2 is 2.40 bits per heavy atom. The number of carbonyl (C=O) groups excluding carboxylic acids is 1. The molecule has 2 aromatic heterocycles. The zero-order valence-corrected chi connectivity index (χ0v) is 14.1. The Morgan fingerprint density at radius 3 is 3.08 bits per heavy atom. The Balaban J connectivity index is 1.55. The van der Waals surface area contributed by atoms with Gasteiger partial charge >= 0.3 is 0 Å². The first kappa shape index (κ1) is 17.5. The Bertz CT molecular complexity index is 721. The van der Waals surface area contributed by atoms with E-state index in [2.05, 4.69) is 15.3 Å². The highest BCUT2D eigenvalue weighted by Crippen LogP contribution is 2.23. The molecular weight excluding hydrogens is 324 g/mol. The lowest BCUT2D eigenvalue weighted by molar-refractivity contribution is -0.117. The fraction of sp³-hybridized carbons (Fsp3) is 0.471. The molecule has 2 atom stereocenters. The van der Waals surface area contributed by atoms with Crippen LogP contribution in [0.5, 0.6) is 0 Å². The SMILES string of the molecule is Cc1cccnc1CN1CC[C@@](O)(CNC(=O)c2cnco2)[C@H](O)C1. The summed E-state index contributed by atoms with van der Waals surface area (Å²) in [5.74, 6) is -0.397. The normalized spacial score (nSPS) is 24.2. The topological polar surface area (TPSA) is 112 Å². The molecular formula is C17H22N4O4. The molecule has 1 fully saturated rings. The lowest BCUT2D eigenvalue weighted by Crippen LogP contribution is -2.60. The molecule has 0 aliphatic carbocycles. The van der Waals surface area contributed by atoms with Crippen LogP contribution in [0.3, 0.4) is 0 Å². The van der Waals surface area contributed by atoms with Crippen molar-refractivity contribution in [1.29, 1.82) is 0 Å². The van der Waals surface area contributed by atoms with Crippen LogP contribution in [0.2, 0.25) is 0 Å². The molecule has 134 valence electrons. The molecule has 3 rings (SSSR count). The van der Waals surface area contributed by atoms with Crippen molar-refractivity contribution in [3.63, 3.8) is 0 Å². The number of likely N-dealkylation sites (tertiary alicyclic amines) is 1. The summed E-state index contributed by atoms with van der Waals surface area (Å²) in [6.45, 7) is 3.47. The predicted octanol–water partition coefficient (Wildman–Crippen LogP) is 0.106. The lowest BCUT2D eigenvalue weighted by Gasteiger charge is -2.42. The number of amides is 1. The number of oxazole rings is 1. The maximum absolute atomic E-state index is 11.9. The van der Waals surface area contributed by atoms with Gasteiger partial charge in [0.25, 0.3) is 5.91 Å². The van der Waals surface area contributed by atoms with Crippen LogP contribution in [0, 0.1) is 6.92 Å². The lowest BCUT2D eigenvalue weighted by atomic mass is 9.88. The highest BCUT2D eigenvalue weighted by molar-refractivity contribution is 5.91. The maximum Gasteiger partial charge on any atom is 0.288 e. The third kappa shape index (κ3) is 4.04. The van der Waals surface area contributed by atoms with Crippen LogP contribution in [0.25, 0.3) is 0 Å². The fourth-order valence-corrected chi connectivity index (χ4v) is 2.92. The molecule has 3 N–H and O–H groups in total. The fourth-order valence-electron chi connectivity index (χ4n) is 2.92. The minimum absolute atomic E-state index is 0.0514. The summed E-state index contributed by atoms with van der Waals surface area (Å²) in [5, 5.41) is 23.6. The minimum Gasteiger partial charge on any atom is -0.438 e. The third-order valence-corrected chi connectivity index (χ3v) is 4.61. The van der Waals surface area contributed by atoms with Crippen LogP contribution in [-0.2, 0) is 6.54 Å². The van der Waals surface area contributed by atoms with Gasteiger partial charge in [0.2, 0.25) is 5.76 Å². The van der Waals surface area contributed by atoms with E-state index in [9.17, 15) is 15.0 Å². The average molecular weight is 346 g/mol. The molecule has 2 aromatic rings. The zero-order chi connectivity index (χ0) is 17.9. The number of β-amino-alcohol motifs (C(OH)–C–C–N with tert-alkyl or cyclic N) is 1. The number of aliphatic hydroxyl groups is 2. The Labute approximate surface area is 145 Å². The second-order valence-corrected chi connectivity index (χ2v) is 6.42. The van der Waals surface area contributed by atoms with Crippen LogP contribution in [-0.4, -0.2) is 62.3 Å². The first-order valence-electron chi connectivity index (χ1n) is 8.18. The van der Waals surface area contributed by atoms with Crippen LogP contribution >= 0.6 is 0 Å². The molecule has 1 aliphatic rings. The number of aryl methyl sites for hydroxylation is 1. The van der Waals surface area contributed by atoms with Crippen molar-refractivity contribution in [3.05, 3.63) is 47.9 Å². The molecule has 1 saturated heterocycles. The van der Waals surface area contributed by atoms with Crippen LogP contribution in [0.15, 0.2) is 35.3 Å². The van der Waals surface area contributed by atoms with E-state index in [1.165, 1.54) is 6.20 Å². The molecule has 0 bridgehead atoms. The van der Waals surface area contributed by atoms with Crippen molar-refractivity contribution in [3.8, 4) is 0 Å². The van der Waals surface area contributed by atoms with Gasteiger partial charge in [0.15, 0.2) is 6.39 Å². The summed E-state index contributed by atoms with van der Waals surface area (Å²) in [4.78, 5) is 22.0. The number of aromatic nitrogens is 2. The highest BCUT2D eigenvalue weighted by Gasteiger charge is 2.41. The number of hydrogen-bond acceptors (Lipinski definition) is 7. The molecule has 8 heteroatoms. The van der Waals surface area contributed by atoms with Gasteiger partial charge in [0.05, 0.1) is 18.0 Å². The van der Waals surface area contributed by atoms with Gasteiger partial charge in [-0.05, 0) is 25.0 Å². The van der Waals surface area contributed by atoms with Crippen molar-refractivity contribution in [2.75, 3.05) is 19.6 Å². The Kier molecular flexibility index (Phi) is 5.12. The van der Waals surface area contributed by atoms with Crippen molar-refractivity contribution >= 4 is 5.91 Å². The van der Waals surface area contributed by atoms with Gasteiger partial charge in [-0.1, -0.05) is 6.07 Å². The summed E-state index contributed by atoms with van der Waals surface area (Å²) in [5.41, 5.74) is 0.682. The Morgan fingerprint density at radius 1 is 1.56 bits per heavy atom. The first-order valence-corrected chi connectivity index (χ1v) is 8.18. The van der Waals surface area contributed by atoms with Gasteiger partial charge in [-0.25, -0.2) is 4.98 Å². The number of pyridine rings is 1. The number of carbonyl (C=O) groups is 1. The van der Waals surface area contributed by atoms with E-state index in [1.807, 2.05) is 24.0 Å². The monoisotopic (exact) mass is 346 g/mol. The zero-order valence-electron chi connectivity index (χ0n) is 14.1. The molecule has 25 heavy (non-hydrogen) atoms. The number of nitrogens with zero attached hydrogens (tertiary/aromatic N) is 3. The van der Waals surface area contributed by atoms with Gasteiger partial charge in [0, 0.05) is 32.4 Å². The van der Waals surface area contributed by atoms with E-state index in [0.29, 0.717) is 26.1 Å². The number of piperidine rings is 1. The average Bonchev–Trinajstić information content (AvgIpc) is 3.13. The van der Waals surface area contributed by atoms with Gasteiger partial charge < -0.3 is 19.9 Å². The van der Waals surface area contributed by atoms with Crippen LogP contribution < -0.4 is 5.32 Å². The van der Waals surface area contributed by atoms with Crippen molar-refractivity contribution < 1.29 is 19.4 Å². The predicted molar refractivity (Wildman–Crippen MR) is 88.7 cm³/mol. The van der Waals surface area contributed by atoms with Crippen molar-refractivity contribution in [1.82, 2.24) is 20.2 Å². The summed E-state index contributed by atoms with van der Waals surface area (Å²) in [6.07, 6.45) is 3.58. The second kappa shape index (κ2) is 7.30. The van der Waals surface area contributed by atoms with Crippen molar-refractivity contribution in [2.45, 2.75) is 31.6 Å². The summed E-state index contributed by atoms with van der Waals surface area (Å²) < 4.78 is 4.91. The highest BCUT2D eigenvalue weighted by atomic mass is 16.4. The molecule has 8 nitrogen and oxygen atoms in total. The molecule has 0 aromatic carbocycles. The standard InChI is InChI=1S/C17H22N4O4/c1-12-3-2-5-19-13(12)8-21-6-4-17(24,15(22)9-21)10-20-16(23)14-7-18-11-25-14/h2-3,5,7,11,15,22,24H,4,6,8-10H2,1H3,(H,20,23)/t15-,17-/m1/s1. The van der Waals surface area contributed by atoms with E-state index < -0.39 is 17.6 Å². The molecule has 0 saturated carbocycles. The Hall–Kier alpha value is -2.29. The first-order chi connectivity index (χ1) is 12.0. The minimum atomic E-state index is -1.37. The van der Waals surface area contributed by atoms with E-state index in [0.717, 1.165) is 17.7 Å². The second-order valence-electron chi connectivity index (χ2n) is 6.42. The molecule has 0 spiro atoms. The quantitative estimate of drug-likeness (QED) is 0.704.